The number of nitrogens with two attached hydrogens (primary N) is 1. The maximum absolute atomic E-state index is 12.1. The summed E-state index contributed by atoms with van der Waals surface area (Å²) in [5.74, 6) is -3.95. The Morgan fingerprint density at radius 2 is 1.60 bits per heavy atom. The number of thiol groups is 1. The number of carboxylic acids is 1. The van der Waals surface area contributed by atoms with E-state index in [0.29, 0.717) is 0 Å². The summed E-state index contributed by atoms with van der Waals surface area (Å²) in [5, 5.41) is 33.9. The zero-order chi connectivity index (χ0) is 19.7. The van der Waals surface area contributed by atoms with E-state index in [0.717, 1.165) is 0 Å². The smallest absolute Gasteiger partial charge is 0.327 e. The lowest BCUT2D eigenvalue weighted by molar-refractivity contribution is -0.141. The van der Waals surface area contributed by atoms with Gasteiger partial charge in [0.2, 0.25) is 17.7 Å². The van der Waals surface area contributed by atoms with Gasteiger partial charge in [0, 0.05) is 5.75 Å². The lowest BCUT2D eigenvalue weighted by Gasteiger charge is -2.24. The van der Waals surface area contributed by atoms with Gasteiger partial charge in [0.05, 0.1) is 12.7 Å². The number of carbonyl (C=O) groups excluding carboxylic acids is 3. The van der Waals surface area contributed by atoms with E-state index in [2.05, 4.69) is 28.6 Å². The van der Waals surface area contributed by atoms with E-state index < -0.39 is 60.6 Å². The molecule has 0 spiro atoms. The number of nitrogens with one attached hydrogen (secondary N) is 3. The first-order chi connectivity index (χ1) is 11.5. The van der Waals surface area contributed by atoms with Crippen LogP contribution in [0.25, 0.3) is 0 Å². The Morgan fingerprint density at radius 1 is 1.04 bits per heavy atom. The van der Waals surface area contributed by atoms with Crippen LogP contribution in [-0.2, 0) is 19.2 Å². The van der Waals surface area contributed by atoms with Gasteiger partial charge in [0.25, 0.3) is 0 Å². The first-order valence-electron chi connectivity index (χ1n) is 7.34. The molecule has 3 amide bonds. The van der Waals surface area contributed by atoms with Crippen molar-refractivity contribution in [1.82, 2.24) is 16.0 Å². The van der Waals surface area contributed by atoms with Crippen molar-refractivity contribution >= 4 is 36.3 Å². The van der Waals surface area contributed by atoms with Crippen molar-refractivity contribution in [1.29, 1.82) is 0 Å². The predicted molar refractivity (Wildman–Crippen MR) is 89.7 cm³/mol. The van der Waals surface area contributed by atoms with Crippen molar-refractivity contribution in [3.05, 3.63) is 0 Å². The van der Waals surface area contributed by atoms with Crippen LogP contribution in [0.2, 0.25) is 0 Å². The summed E-state index contributed by atoms with van der Waals surface area (Å²) in [6, 6.07) is -5.06. The van der Waals surface area contributed by atoms with Gasteiger partial charge in [-0.1, -0.05) is 0 Å². The van der Waals surface area contributed by atoms with Gasteiger partial charge in [-0.25, -0.2) is 4.79 Å². The van der Waals surface area contributed by atoms with Crippen molar-refractivity contribution in [2.45, 2.75) is 44.1 Å². The molecule has 0 aromatic heterocycles. The molecule has 0 aromatic carbocycles. The van der Waals surface area contributed by atoms with Crippen molar-refractivity contribution in [2.75, 3.05) is 12.4 Å². The number of hydrogen-bond donors (Lipinski definition) is 8. The average Bonchev–Trinajstić information content (AvgIpc) is 2.54. The lowest BCUT2D eigenvalue weighted by Crippen LogP contribution is -2.59. The van der Waals surface area contributed by atoms with E-state index in [9.17, 15) is 24.3 Å². The molecule has 0 unspecified atom stereocenters. The van der Waals surface area contributed by atoms with Crippen LogP contribution in [0.5, 0.6) is 0 Å². The van der Waals surface area contributed by atoms with Gasteiger partial charge >= 0.3 is 5.97 Å². The maximum atomic E-state index is 12.1. The standard InChI is InChI=1S/C13H24N4O7S/c1-5(10(20)16-8(4-25)13(23)24)15-12(22)9(6(2)19)17-11(21)7(14)3-18/h5-9,18-19,25H,3-4,14H2,1-2H3,(H,15,22)(H,16,20)(H,17,21)(H,23,24)/t5-,6+,7-,8-,9-/m0/s1. The second-order valence-corrected chi connectivity index (χ2v) is 5.69. The molecule has 0 heterocycles. The molecule has 0 bridgehead atoms. The zero-order valence-electron chi connectivity index (χ0n) is 13.8. The fourth-order valence-electron chi connectivity index (χ4n) is 1.60. The highest BCUT2D eigenvalue weighted by atomic mass is 32.1. The van der Waals surface area contributed by atoms with Crippen molar-refractivity contribution in [3.8, 4) is 0 Å². The molecule has 12 heteroatoms. The largest absolute Gasteiger partial charge is 0.480 e. The number of hydrogen-bond acceptors (Lipinski definition) is 8. The van der Waals surface area contributed by atoms with Crippen LogP contribution in [0.3, 0.4) is 0 Å². The fourth-order valence-corrected chi connectivity index (χ4v) is 1.85. The van der Waals surface area contributed by atoms with E-state index in [4.69, 9.17) is 15.9 Å². The Hall–Kier alpha value is -1.89. The monoisotopic (exact) mass is 380 g/mol. The average molecular weight is 380 g/mol. The lowest BCUT2D eigenvalue weighted by atomic mass is 10.1. The van der Waals surface area contributed by atoms with Gasteiger partial charge in [-0.2, -0.15) is 12.6 Å². The molecule has 0 radical (unpaired) electrons. The summed E-state index contributed by atoms with van der Waals surface area (Å²) in [6.45, 7) is 1.88. The van der Waals surface area contributed by atoms with E-state index in [1.165, 1.54) is 13.8 Å². The molecule has 0 saturated heterocycles. The molecule has 144 valence electrons. The molecule has 0 fully saturated rings. The highest BCUT2D eigenvalue weighted by Crippen LogP contribution is 1.97. The summed E-state index contributed by atoms with van der Waals surface area (Å²) in [6.07, 6.45) is -1.31. The number of aliphatic hydroxyl groups is 2. The van der Waals surface area contributed by atoms with Crippen LogP contribution < -0.4 is 21.7 Å². The number of aliphatic carboxylic acids is 1. The van der Waals surface area contributed by atoms with Crippen LogP contribution >= 0.6 is 12.6 Å². The second-order valence-electron chi connectivity index (χ2n) is 5.33. The van der Waals surface area contributed by atoms with Gasteiger partial charge in [0.1, 0.15) is 24.2 Å². The van der Waals surface area contributed by atoms with Crippen molar-refractivity contribution in [2.24, 2.45) is 5.73 Å². The molecule has 8 N–H and O–H groups in total. The normalized spacial score (nSPS) is 16.7. The maximum Gasteiger partial charge on any atom is 0.327 e. The number of rotatable bonds is 10. The van der Waals surface area contributed by atoms with Crippen LogP contribution in [0.15, 0.2) is 0 Å². The number of carbonyl (C=O) groups is 4. The highest BCUT2D eigenvalue weighted by molar-refractivity contribution is 7.80. The van der Waals surface area contributed by atoms with Gasteiger partial charge in [-0.3, -0.25) is 14.4 Å². The number of carboxylic acid groups (broad SMARTS) is 1. The minimum Gasteiger partial charge on any atom is -0.480 e. The Morgan fingerprint density at radius 3 is 2.00 bits per heavy atom. The Balaban J connectivity index is 4.86. The molecule has 0 aliphatic heterocycles. The third kappa shape index (κ3) is 7.69. The quantitative estimate of drug-likeness (QED) is 0.177. The van der Waals surface area contributed by atoms with Crippen molar-refractivity contribution < 1.29 is 34.5 Å². The van der Waals surface area contributed by atoms with Crippen molar-refractivity contribution in [3.63, 3.8) is 0 Å². The topological polar surface area (TPSA) is 191 Å². The van der Waals surface area contributed by atoms with Gasteiger partial charge in [-0.15, -0.1) is 0 Å². The molecular formula is C13H24N4O7S. The summed E-state index contributed by atoms with van der Waals surface area (Å²) < 4.78 is 0. The van der Waals surface area contributed by atoms with E-state index in [1.807, 2.05) is 0 Å². The second kappa shape index (κ2) is 10.9. The summed E-state index contributed by atoms with van der Waals surface area (Å²) in [4.78, 5) is 46.5. The third-order valence-electron chi connectivity index (χ3n) is 3.15. The predicted octanol–water partition coefficient (Wildman–Crippen LogP) is -3.82. The summed E-state index contributed by atoms with van der Waals surface area (Å²) >= 11 is 3.80. The minimum absolute atomic E-state index is 0.146. The highest BCUT2D eigenvalue weighted by Gasteiger charge is 2.30. The Kier molecular flexibility index (Phi) is 10.0. The fraction of sp³-hybridized carbons (Fsp3) is 0.692. The van der Waals surface area contributed by atoms with E-state index >= 15 is 0 Å². The molecule has 0 aliphatic rings. The Bertz CT molecular complexity index is 503. The molecule has 0 aliphatic carbocycles. The first-order valence-corrected chi connectivity index (χ1v) is 7.97. The molecule has 0 aromatic rings. The van der Waals surface area contributed by atoms with Gasteiger partial charge in [-0.05, 0) is 13.8 Å². The molecule has 25 heavy (non-hydrogen) atoms. The number of aliphatic hydroxyl groups excluding tert-OH is 2. The van der Waals surface area contributed by atoms with E-state index in [-0.39, 0.29) is 5.75 Å². The Labute approximate surface area is 149 Å². The van der Waals surface area contributed by atoms with Gasteiger partial charge in [0.15, 0.2) is 0 Å². The molecule has 5 atom stereocenters. The van der Waals surface area contributed by atoms with Crippen LogP contribution in [0.1, 0.15) is 13.8 Å². The van der Waals surface area contributed by atoms with E-state index in [1.54, 1.807) is 0 Å². The molecule has 0 saturated carbocycles. The molecule has 11 nitrogen and oxygen atoms in total. The minimum atomic E-state index is -1.42. The van der Waals surface area contributed by atoms with Gasteiger partial charge < -0.3 is 37.0 Å². The van der Waals surface area contributed by atoms with Crippen LogP contribution in [-0.4, -0.2) is 81.6 Å². The summed E-state index contributed by atoms with van der Waals surface area (Å²) in [5.41, 5.74) is 5.31. The van der Waals surface area contributed by atoms with Crippen LogP contribution in [0, 0.1) is 0 Å². The van der Waals surface area contributed by atoms with Crippen LogP contribution in [0.4, 0.5) is 0 Å². The third-order valence-corrected chi connectivity index (χ3v) is 3.51. The molecular weight excluding hydrogens is 356 g/mol. The SMILES string of the molecule is C[C@H](NC(=O)[C@@H](NC(=O)[C@@H](N)CO)[C@@H](C)O)C(=O)N[C@@H](CS)C(=O)O. The number of amides is 3. The zero-order valence-corrected chi connectivity index (χ0v) is 14.7. The summed E-state index contributed by atoms with van der Waals surface area (Å²) in [7, 11) is 0. The first kappa shape index (κ1) is 23.1. The molecule has 0 rings (SSSR count).